The van der Waals surface area contributed by atoms with E-state index in [2.05, 4.69) is 59.2 Å². The van der Waals surface area contributed by atoms with E-state index in [9.17, 15) is 4.79 Å². The molecule has 1 amide bonds. The number of rotatable bonds is 3. The van der Waals surface area contributed by atoms with Crippen LogP contribution in [0.1, 0.15) is 17.0 Å². The molecule has 0 radical (unpaired) electrons. The third kappa shape index (κ3) is 1.45. The minimum absolute atomic E-state index is 0.0442. The SMILES string of the molecule is O=C(NC12C3CNC1C32)OCC1c2ccccc2-c2ccccc21. The first kappa shape index (κ1) is 13.0. The van der Waals surface area contributed by atoms with Gasteiger partial charge in [-0.25, -0.2) is 4.79 Å². The van der Waals surface area contributed by atoms with E-state index in [0.717, 1.165) is 6.54 Å². The maximum atomic E-state index is 12.3. The van der Waals surface area contributed by atoms with Crippen molar-refractivity contribution >= 4 is 6.09 Å². The summed E-state index contributed by atoms with van der Waals surface area (Å²) in [6, 6.07) is 17.3. The van der Waals surface area contributed by atoms with Crippen molar-refractivity contribution in [2.24, 2.45) is 11.8 Å². The van der Waals surface area contributed by atoms with Crippen molar-refractivity contribution in [1.82, 2.24) is 10.6 Å². The number of carbonyl (C=O) groups is 1. The van der Waals surface area contributed by atoms with Crippen LogP contribution in [0.3, 0.4) is 0 Å². The van der Waals surface area contributed by atoms with Gasteiger partial charge in [0.25, 0.3) is 0 Å². The Morgan fingerprint density at radius 3 is 2.38 bits per heavy atom. The van der Waals surface area contributed by atoms with Gasteiger partial charge in [0.15, 0.2) is 0 Å². The molecule has 3 aliphatic carbocycles. The highest BCUT2D eigenvalue weighted by molar-refractivity contribution is 5.79. The molecule has 2 aromatic carbocycles. The molecular weight excluding hydrogens is 300 g/mol. The molecule has 120 valence electrons. The Hall–Kier alpha value is -2.33. The number of alkyl carbamates (subject to hydrolysis) is 1. The van der Waals surface area contributed by atoms with Crippen LogP contribution < -0.4 is 10.6 Å². The molecule has 5 aliphatic rings. The topological polar surface area (TPSA) is 50.4 Å². The fraction of sp³-hybridized carbons (Fsp3) is 0.350. The summed E-state index contributed by atoms with van der Waals surface area (Å²) in [4.78, 5) is 12.3. The van der Waals surface area contributed by atoms with Gasteiger partial charge < -0.3 is 15.4 Å². The van der Waals surface area contributed by atoms with Gasteiger partial charge in [-0.05, 0) is 22.3 Å². The first-order valence-corrected chi connectivity index (χ1v) is 8.67. The Morgan fingerprint density at radius 1 is 1.12 bits per heavy atom. The summed E-state index contributed by atoms with van der Waals surface area (Å²) in [7, 11) is 0. The van der Waals surface area contributed by atoms with Crippen molar-refractivity contribution < 1.29 is 9.53 Å². The standard InChI is InChI=1S/C20H18N2O2/c23-19(22-20-16-9-21-18(20)17(16)20)24-10-15-13-7-3-1-5-11(13)12-6-2-4-8-14(12)15/h1-8,15-18,21H,9-10H2,(H,22,23). The summed E-state index contributed by atoms with van der Waals surface area (Å²) in [5, 5.41) is 6.54. The summed E-state index contributed by atoms with van der Waals surface area (Å²) in [5.41, 5.74) is 5.06. The summed E-state index contributed by atoms with van der Waals surface area (Å²) in [6.45, 7) is 1.43. The van der Waals surface area contributed by atoms with Gasteiger partial charge in [-0.3, -0.25) is 0 Å². The largest absolute Gasteiger partial charge is 0.449 e. The summed E-state index contributed by atoms with van der Waals surface area (Å²) in [5.74, 6) is 1.44. The maximum absolute atomic E-state index is 12.3. The summed E-state index contributed by atoms with van der Waals surface area (Å²) in [6.07, 6.45) is -0.268. The lowest BCUT2D eigenvalue weighted by molar-refractivity contribution is 0.139. The number of piperidine rings is 1. The maximum Gasteiger partial charge on any atom is 0.407 e. The Morgan fingerprint density at radius 2 is 1.79 bits per heavy atom. The summed E-state index contributed by atoms with van der Waals surface area (Å²) >= 11 is 0. The number of hydrogen-bond donors (Lipinski definition) is 2. The van der Waals surface area contributed by atoms with Crippen molar-refractivity contribution in [3.8, 4) is 11.1 Å². The highest BCUT2D eigenvalue weighted by atomic mass is 16.5. The molecule has 2 saturated carbocycles. The van der Waals surface area contributed by atoms with Gasteiger partial charge >= 0.3 is 6.09 Å². The Bertz CT molecular complexity index is 810. The van der Waals surface area contributed by atoms with Crippen molar-refractivity contribution in [1.29, 1.82) is 0 Å². The molecule has 4 heteroatoms. The van der Waals surface area contributed by atoms with Gasteiger partial charge in [-0.1, -0.05) is 48.5 Å². The molecule has 2 N–H and O–H groups in total. The van der Waals surface area contributed by atoms with Gasteiger partial charge in [0.05, 0.1) is 5.54 Å². The fourth-order valence-electron chi connectivity index (χ4n) is 5.20. The monoisotopic (exact) mass is 318 g/mol. The lowest BCUT2D eigenvalue weighted by Gasteiger charge is -2.16. The van der Waals surface area contributed by atoms with E-state index in [-0.39, 0.29) is 17.6 Å². The fourth-order valence-corrected chi connectivity index (χ4v) is 5.20. The number of benzene rings is 2. The molecule has 4 nitrogen and oxygen atoms in total. The van der Waals surface area contributed by atoms with E-state index in [0.29, 0.717) is 24.5 Å². The number of fused-ring (bicyclic) bond motifs is 4. The minimum atomic E-state index is -0.268. The molecule has 4 unspecified atom stereocenters. The molecule has 4 atom stereocenters. The third-order valence-corrected chi connectivity index (χ3v) is 6.47. The zero-order chi connectivity index (χ0) is 15.9. The molecular formula is C20H18N2O2. The molecule has 2 aromatic rings. The van der Waals surface area contributed by atoms with Gasteiger partial charge in [-0.15, -0.1) is 0 Å². The molecule has 0 spiro atoms. The Kier molecular flexibility index (Phi) is 2.27. The van der Waals surface area contributed by atoms with Crippen LogP contribution in [0.15, 0.2) is 48.5 Å². The summed E-state index contributed by atoms with van der Waals surface area (Å²) < 4.78 is 5.63. The molecule has 2 saturated heterocycles. The predicted octanol–water partition coefficient (Wildman–Crippen LogP) is 2.50. The zero-order valence-electron chi connectivity index (χ0n) is 13.2. The highest BCUT2D eigenvalue weighted by Gasteiger charge is 2.91. The number of hydrogen-bond acceptors (Lipinski definition) is 3. The van der Waals surface area contributed by atoms with E-state index in [1.54, 1.807) is 0 Å². The van der Waals surface area contributed by atoms with Gasteiger partial charge in [-0.2, -0.15) is 0 Å². The molecule has 7 rings (SSSR count). The number of nitrogens with one attached hydrogen (secondary N) is 2. The zero-order valence-corrected chi connectivity index (χ0v) is 13.2. The van der Waals surface area contributed by atoms with Gasteiger partial charge in [0.2, 0.25) is 0 Å². The average molecular weight is 318 g/mol. The minimum Gasteiger partial charge on any atom is -0.449 e. The molecule has 2 aliphatic heterocycles. The first-order valence-electron chi connectivity index (χ1n) is 8.67. The van der Waals surface area contributed by atoms with Gasteiger partial charge in [0.1, 0.15) is 6.61 Å². The lowest BCUT2D eigenvalue weighted by Crippen LogP contribution is -2.37. The van der Waals surface area contributed by atoms with E-state index < -0.39 is 0 Å². The first-order chi connectivity index (χ1) is 11.8. The number of amides is 1. The van der Waals surface area contributed by atoms with Crippen LogP contribution >= 0.6 is 0 Å². The highest BCUT2D eigenvalue weighted by Crippen LogP contribution is 2.75. The van der Waals surface area contributed by atoms with Crippen LogP contribution in [0.4, 0.5) is 4.79 Å². The second-order valence-electron chi connectivity index (χ2n) is 7.40. The van der Waals surface area contributed by atoms with Crippen molar-refractivity contribution in [3.63, 3.8) is 0 Å². The van der Waals surface area contributed by atoms with E-state index in [4.69, 9.17) is 4.74 Å². The Labute approximate surface area is 140 Å². The van der Waals surface area contributed by atoms with E-state index in [1.165, 1.54) is 22.3 Å². The van der Waals surface area contributed by atoms with E-state index >= 15 is 0 Å². The van der Waals surface area contributed by atoms with Crippen molar-refractivity contribution in [2.45, 2.75) is 17.5 Å². The molecule has 24 heavy (non-hydrogen) atoms. The predicted molar refractivity (Wildman–Crippen MR) is 89.7 cm³/mol. The Balaban J connectivity index is 1.21. The molecule has 2 bridgehead atoms. The third-order valence-electron chi connectivity index (χ3n) is 6.47. The van der Waals surface area contributed by atoms with Crippen molar-refractivity contribution in [2.75, 3.05) is 13.2 Å². The van der Waals surface area contributed by atoms with Crippen LogP contribution in [-0.4, -0.2) is 30.8 Å². The molecule has 2 heterocycles. The number of carbonyl (C=O) groups excluding carboxylic acids is 1. The van der Waals surface area contributed by atoms with Crippen LogP contribution in [-0.2, 0) is 4.74 Å². The quantitative estimate of drug-likeness (QED) is 0.914. The van der Waals surface area contributed by atoms with Crippen LogP contribution in [0.5, 0.6) is 0 Å². The van der Waals surface area contributed by atoms with Gasteiger partial charge in [0, 0.05) is 30.3 Å². The molecule has 0 aromatic heterocycles. The normalized spacial score (nSPS) is 33.4. The van der Waals surface area contributed by atoms with Crippen LogP contribution in [0, 0.1) is 11.8 Å². The van der Waals surface area contributed by atoms with Crippen LogP contribution in [0.2, 0.25) is 0 Å². The van der Waals surface area contributed by atoms with E-state index in [1.807, 2.05) is 0 Å². The second-order valence-corrected chi connectivity index (χ2v) is 7.40. The smallest absolute Gasteiger partial charge is 0.407 e. The number of ether oxygens (including phenoxy) is 1. The average Bonchev–Trinajstić information content (AvgIpc) is 3.17. The lowest BCUT2D eigenvalue weighted by atomic mass is 9.98. The molecule has 4 fully saturated rings. The van der Waals surface area contributed by atoms with Crippen LogP contribution in [0.25, 0.3) is 11.1 Å². The second kappa shape index (κ2) is 4.19. The van der Waals surface area contributed by atoms with Crippen molar-refractivity contribution in [3.05, 3.63) is 59.7 Å².